The highest BCUT2D eigenvalue weighted by atomic mass is 32.1. The zero-order valence-corrected chi connectivity index (χ0v) is 27.5. The van der Waals surface area contributed by atoms with Crippen molar-refractivity contribution < 1.29 is 0 Å². The summed E-state index contributed by atoms with van der Waals surface area (Å²) in [7, 11) is 0. The van der Waals surface area contributed by atoms with Crippen molar-refractivity contribution in [1.29, 1.82) is 0 Å². The van der Waals surface area contributed by atoms with E-state index in [0.29, 0.717) is 17.5 Å². The van der Waals surface area contributed by atoms with Crippen LogP contribution < -0.4 is 0 Å². The zero-order chi connectivity index (χ0) is 33.0. The fourth-order valence-electron chi connectivity index (χ4n) is 7.02. The second-order valence-corrected chi connectivity index (χ2v) is 13.3. The summed E-state index contributed by atoms with van der Waals surface area (Å²) in [5, 5.41) is 4.93. The molecule has 0 atom stereocenters. The number of nitrogens with zero attached hydrogens (tertiary/aromatic N) is 5. The highest BCUT2D eigenvalue weighted by Gasteiger charge is 2.21. The molecule has 10 aromatic rings. The maximum Gasteiger partial charge on any atom is 0.167 e. The van der Waals surface area contributed by atoms with Gasteiger partial charge in [-0.15, -0.1) is 11.3 Å². The lowest BCUT2D eigenvalue weighted by Gasteiger charge is -2.13. The Balaban J connectivity index is 1.19. The molecule has 6 heteroatoms. The monoisotopic (exact) mass is 657 g/mol. The van der Waals surface area contributed by atoms with Crippen LogP contribution >= 0.6 is 11.3 Å². The molecule has 234 valence electrons. The van der Waals surface area contributed by atoms with E-state index in [-0.39, 0.29) is 0 Å². The van der Waals surface area contributed by atoms with Gasteiger partial charge < -0.3 is 0 Å². The third kappa shape index (κ3) is 4.61. The highest BCUT2D eigenvalue weighted by molar-refractivity contribution is 7.26. The van der Waals surface area contributed by atoms with Gasteiger partial charge in [0.1, 0.15) is 5.82 Å². The minimum atomic E-state index is 0.569. The van der Waals surface area contributed by atoms with Gasteiger partial charge in [0, 0.05) is 48.3 Å². The van der Waals surface area contributed by atoms with Crippen molar-refractivity contribution >= 4 is 53.3 Å². The minimum Gasteiger partial charge on any atom is -0.293 e. The van der Waals surface area contributed by atoms with Crippen LogP contribution in [-0.4, -0.2) is 24.5 Å². The van der Waals surface area contributed by atoms with Crippen LogP contribution in [0.4, 0.5) is 0 Å². The van der Waals surface area contributed by atoms with Crippen LogP contribution in [0.3, 0.4) is 0 Å². The molecule has 0 spiro atoms. The maximum absolute atomic E-state index is 5.06. The summed E-state index contributed by atoms with van der Waals surface area (Å²) < 4.78 is 4.86. The number of fused-ring (bicyclic) bond motifs is 6. The number of aromatic nitrogens is 5. The molecule has 4 heterocycles. The summed E-state index contributed by atoms with van der Waals surface area (Å²) in [6, 6.07) is 54.8. The van der Waals surface area contributed by atoms with Gasteiger partial charge in [0.15, 0.2) is 17.5 Å². The van der Waals surface area contributed by atoms with Gasteiger partial charge in [-0.1, -0.05) is 121 Å². The standard InChI is InChI=1S/C44H27N5S/c1-3-13-28(14-4-1)41-46-42(29-15-5-2-6-16-29)48-43(47-41)35-21-12-26-45-44(35)49-37-22-9-7-17-32(37)36-27-30(24-25-38(36)49)31-19-11-20-34-33-18-8-10-23-39(33)50-40(31)34/h1-27H. The van der Waals surface area contributed by atoms with Crippen molar-refractivity contribution in [2.24, 2.45) is 0 Å². The number of hydrogen-bond acceptors (Lipinski definition) is 5. The van der Waals surface area contributed by atoms with E-state index in [1.54, 1.807) is 0 Å². The van der Waals surface area contributed by atoms with E-state index < -0.39 is 0 Å². The van der Waals surface area contributed by atoms with E-state index in [4.69, 9.17) is 19.9 Å². The van der Waals surface area contributed by atoms with Gasteiger partial charge in [0.25, 0.3) is 0 Å². The molecule has 0 unspecified atom stereocenters. The summed E-state index contributed by atoms with van der Waals surface area (Å²) >= 11 is 1.86. The van der Waals surface area contributed by atoms with Crippen LogP contribution in [0.25, 0.3) is 93.1 Å². The Morgan fingerprint density at radius 2 is 1.04 bits per heavy atom. The molecule has 0 aliphatic rings. The number of benzene rings is 6. The van der Waals surface area contributed by atoms with E-state index in [2.05, 4.69) is 95.6 Å². The van der Waals surface area contributed by atoms with Gasteiger partial charge in [-0.05, 0) is 47.5 Å². The Morgan fingerprint density at radius 1 is 0.420 bits per heavy atom. The Morgan fingerprint density at radius 3 is 1.82 bits per heavy atom. The van der Waals surface area contributed by atoms with Gasteiger partial charge in [-0.25, -0.2) is 19.9 Å². The molecule has 50 heavy (non-hydrogen) atoms. The highest BCUT2D eigenvalue weighted by Crippen LogP contribution is 2.42. The predicted molar refractivity (Wildman–Crippen MR) is 207 cm³/mol. The van der Waals surface area contributed by atoms with E-state index >= 15 is 0 Å². The number of pyridine rings is 1. The molecule has 0 saturated heterocycles. The first-order chi connectivity index (χ1) is 24.8. The minimum absolute atomic E-state index is 0.569. The first-order valence-electron chi connectivity index (χ1n) is 16.6. The van der Waals surface area contributed by atoms with Crippen molar-refractivity contribution in [2.75, 3.05) is 0 Å². The largest absolute Gasteiger partial charge is 0.293 e. The molecule has 4 aromatic heterocycles. The summed E-state index contributed by atoms with van der Waals surface area (Å²) in [4.78, 5) is 20.0. The van der Waals surface area contributed by atoms with Gasteiger partial charge in [-0.2, -0.15) is 0 Å². The lowest BCUT2D eigenvalue weighted by atomic mass is 10.0. The third-order valence-electron chi connectivity index (χ3n) is 9.33. The molecule has 0 fully saturated rings. The first-order valence-corrected chi connectivity index (χ1v) is 17.4. The molecule has 0 amide bonds. The van der Waals surface area contributed by atoms with Crippen LogP contribution in [0.2, 0.25) is 0 Å². The topological polar surface area (TPSA) is 56.5 Å². The summed E-state index contributed by atoms with van der Waals surface area (Å²) in [5.41, 5.74) is 7.25. The SMILES string of the molecule is c1ccc(-c2nc(-c3ccccc3)nc(-c3cccnc3-n3c4ccccc4c4cc(-c5cccc6c5sc5ccccc56)ccc43)n2)cc1. The Hall–Kier alpha value is -6.50. The number of thiophene rings is 1. The van der Waals surface area contributed by atoms with Crippen molar-refractivity contribution in [3.63, 3.8) is 0 Å². The van der Waals surface area contributed by atoms with Gasteiger partial charge in [-0.3, -0.25) is 4.57 Å². The van der Waals surface area contributed by atoms with E-state index in [1.165, 1.54) is 36.7 Å². The summed E-state index contributed by atoms with van der Waals surface area (Å²) in [5.74, 6) is 2.57. The van der Waals surface area contributed by atoms with Gasteiger partial charge in [0.2, 0.25) is 0 Å². The normalized spacial score (nSPS) is 11.6. The molecule has 0 aliphatic carbocycles. The fraction of sp³-hybridized carbons (Fsp3) is 0. The van der Waals surface area contributed by atoms with Crippen LogP contribution in [0, 0.1) is 0 Å². The van der Waals surface area contributed by atoms with Gasteiger partial charge in [0.05, 0.1) is 16.6 Å². The molecule has 6 aromatic carbocycles. The van der Waals surface area contributed by atoms with Crippen molar-refractivity contribution in [3.8, 4) is 51.1 Å². The maximum atomic E-state index is 5.06. The van der Waals surface area contributed by atoms with Crippen LogP contribution in [0.15, 0.2) is 164 Å². The summed E-state index contributed by atoms with van der Waals surface area (Å²) in [6.45, 7) is 0. The number of hydrogen-bond donors (Lipinski definition) is 0. The summed E-state index contributed by atoms with van der Waals surface area (Å²) in [6.07, 6.45) is 1.84. The van der Waals surface area contributed by atoms with Gasteiger partial charge >= 0.3 is 0 Å². The molecule has 0 bridgehead atoms. The average Bonchev–Trinajstić information content (AvgIpc) is 3.74. The van der Waals surface area contributed by atoms with Crippen molar-refractivity contribution in [1.82, 2.24) is 24.5 Å². The first kappa shape index (κ1) is 28.5. The predicted octanol–water partition coefficient (Wildman–Crippen LogP) is 11.4. The average molecular weight is 658 g/mol. The van der Waals surface area contributed by atoms with Crippen LogP contribution in [0.5, 0.6) is 0 Å². The third-order valence-corrected chi connectivity index (χ3v) is 10.5. The smallest absolute Gasteiger partial charge is 0.167 e. The Labute approximate surface area is 291 Å². The fourth-order valence-corrected chi connectivity index (χ4v) is 8.26. The van der Waals surface area contributed by atoms with Crippen molar-refractivity contribution in [3.05, 3.63) is 164 Å². The Kier molecular flexibility index (Phi) is 6.60. The Bertz CT molecular complexity index is 2820. The van der Waals surface area contributed by atoms with E-state index in [9.17, 15) is 0 Å². The van der Waals surface area contributed by atoms with E-state index in [0.717, 1.165) is 38.9 Å². The second kappa shape index (κ2) is 11.6. The second-order valence-electron chi connectivity index (χ2n) is 12.3. The molecule has 0 aliphatic heterocycles. The van der Waals surface area contributed by atoms with E-state index in [1.807, 2.05) is 84.3 Å². The lowest BCUT2D eigenvalue weighted by Crippen LogP contribution is -2.05. The molecular weight excluding hydrogens is 631 g/mol. The number of rotatable bonds is 5. The van der Waals surface area contributed by atoms with Crippen molar-refractivity contribution in [2.45, 2.75) is 0 Å². The lowest BCUT2D eigenvalue weighted by molar-refractivity contribution is 1.04. The molecular formula is C44H27N5S. The van der Waals surface area contributed by atoms with Crippen LogP contribution in [-0.2, 0) is 0 Å². The quantitative estimate of drug-likeness (QED) is 0.185. The number of para-hydroxylation sites is 1. The molecule has 0 saturated carbocycles. The van der Waals surface area contributed by atoms with Crippen LogP contribution in [0.1, 0.15) is 0 Å². The molecule has 5 nitrogen and oxygen atoms in total. The molecule has 0 radical (unpaired) electrons. The molecule has 0 N–H and O–H groups in total. The zero-order valence-electron chi connectivity index (χ0n) is 26.7. The molecule has 10 rings (SSSR count).